The van der Waals surface area contributed by atoms with Crippen molar-refractivity contribution in [2.75, 3.05) is 20.8 Å². The van der Waals surface area contributed by atoms with Crippen molar-refractivity contribution in [2.24, 2.45) is 0 Å². The first-order valence-electron chi connectivity index (χ1n) is 6.15. The van der Waals surface area contributed by atoms with Gasteiger partial charge in [0.05, 0.1) is 14.2 Å². The summed E-state index contributed by atoms with van der Waals surface area (Å²) in [7, 11) is 3.10. The van der Waals surface area contributed by atoms with Gasteiger partial charge in [-0.2, -0.15) is 0 Å². The SMILES string of the molecule is COC(=O)C1CCN1C(C)c1ccc(OC)cc1. The van der Waals surface area contributed by atoms with E-state index >= 15 is 0 Å². The van der Waals surface area contributed by atoms with Crippen LogP contribution in [0, 0.1) is 0 Å². The number of nitrogens with zero attached hydrogens (tertiary/aromatic N) is 1. The zero-order chi connectivity index (χ0) is 13.1. The molecule has 2 atom stereocenters. The lowest BCUT2D eigenvalue weighted by atomic mass is 9.96. The Morgan fingerprint density at radius 2 is 2.00 bits per heavy atom. The van der Waals surface area contributed by atoms with Gasteiger partial charge in [0.15, 0.2) is 0 Å². The van der Waals surface area contributed by atoms with Gasteiger partial charge in [0.25, 0.3) is 0 Å². The number of likely N-dealkylation sites (tertiary alicyclic amines) is 1. The molecular weight excluding hydrogens is 230 g/mol. The number of esters is 1. The Kier molecular flexibility index (Phi) is 3.87. The predicted octanol–water partition coefficient (Wildman–Crippen LogP) is 2.00. The minimum absolute atomic E-state index is 0.0906. The molecule has 0 amide bonds. The third-order valence-electron chi connectivity index (χ3n) is 3.63. The van der Waals surface area contributed by atoms with Crippen molar-refractivity contribution in [2.45, 2.75) is 25.4 Å². The standard InChI is InChI=1S/C14H19NO3/c1-10(11-4-6-12(17-2)7-5-11)15-9-8-13(15)14(16)18-3/h4-7,10,13H,8-9H2,1-3H3. The molecule has 0 aliphatic carbocycles. The predicted molar refractivity (Wildman–Crippen MR) is 68.5 cm³/mol. The Balaban J connectivity index is 2.06. The largest absolute Gasteiger partial charge is 0.497 e. The summed E-state index contributed by atoms with van der Waals surface area (Å²) in [5.74, 6) is 0.709. The van der Waals surface area contributed by atoms with Crippen molar-refractivity contribution in [3.05, 3.63) is 29.8 Å². The molecule has 0 radical (unpaired) electrons. The van der Waals surface area contributed by atoms with E-state index < -0.39 is 0 Å². The Morgan fingerprint density at radius 1 is 1.33 bits per heavy atom. The number of carbonyl (C=O) groups is 1. The highest BCUT2D eigenvalue weighted by atomic mass is 16.5. The van der Waals surface area contributed by atoms with Crippen molar-refractivity contribution in [3.63, 3.8) is 0 Å². The first-order valence-corrected chi connectivity index (χ1v) is 6.15. The molecule has 2 rings (SSSR count). The minimum atomic E-state index is -0.137. The molecule has 1 saturated heterocycles. The smallest absolute Gasteiger partial charge is 0.323 e. The molecule has 1 heterocycles. The minimum Gasteiger partial charge on any atom is -0.497 e. The summed E-state index contributed by atoms with van der Waals surface area (Å²) in [6.45, 7) is 3.05. The molecular formula is C14H19NO3. The quantitative estimate of drug-likeness (QED) is 0.765. The number of ether oxygens (including phenoxy) is 2. The topological polar surface area (TPSA) is 38.8 Å². The summed E-state index contributed by atoms with van der Waals surface area (Å²) in [6, 6.07) is 8.09. The number of hydrogen-bond donors (Lipinski definition) is 0. The highest BCUT2D eigenvalue weighted by molar-refractivity contribution is 5.76. The van der Waals surface area contributed by atoms with Crippen molar-refractivity contribution in [3.8, 4) is 5.75 Å². The van der Waals surface area contributed by atoms with E-state index in [0.29, 0.717) is 0 Å². The van der Waals surface area contributed by atoms with Crippen LogP contribution in [0.15, 0.2) is 24.3 Å². The zero-order valence-electron chi connectivity index (χ0n) is 11.1. The summed E-state index contributed by atoms with van der Waals surface area (Å²) in [6.07, 6.45) is 0.882. The molecule has 0 aromatic heterocycles. The van der Waals surface area contributed by atoms with E-state index in [4.69, 9.17) is 9.47 Å². The number of carbonyl (C=O) groups excluding carboxylic acids is 1. The van der Waals surface area contributed by atoms with Crippen LogP contribution in [-0.2, 0) is 9.53 Å². The Morgan fingerprint density at radius 3 is 2.44 bits per heavy atom. The first kappa shape index (κ1) is 12.9. The molecule has 4 nitrogen and oxygen atoms in total. The van der Waals surface area contributed by atoms with Gasteiger partial charge in [0.2, 0.25) is 0 Å². The van der Waals surface area contributed by atoms with Gasteiger partial charge < -0.3 is 9.47 Å². The maximum Gasteiger partial charge on any atom is 0.323 e. The Bertz CT molecular complexity index is 416. The summed E-state index contributed by atoms with van der Waals surface area (Å²) in [5.41, 5.74) is 1.18. The fourth-order valence-electron chi connectivity index (χ4n) is 2.33. The average Bonchev–Trinajstić information content (AvgIpc) is 2.37. The molecule has 98 valence electrons. The van der Waals surface area contributed by atoms with Gasteiger partial charge in [-0.05, 0) is 31.0 Å². The van der Waals surface area contributed by atoms with Crippen LogP contribution in [-0.4, -0.2) is 37.7 Å². The van der Waals surface area contributed by atoms with Crippen LogP contribution in [0.25, 0.3) is 0 Å². The summed E-state index contributed by atoms with van der Waals surface area (Å²) in [5, 5.41) is 0. The van der Waals surface area contributed by atoms with Crippen molar-refractivity contribution >= 4 is 5.97 Å². The maximum atomic E-state index is 11.6. The highest BCUT2D eigenvalue weighted by Crippen LogP contribution is 2.31. The van der Waals surface area contributed by atoms with Gasteiger partial charge in [-0.1, -0.05) is 12.1 Å². The van der Waals surface area contributed by atoms with E-state index in [2.05, 4.69) is 11.8 Å². The zero-order valence-corrected chi connectivity index (χ0v) is 11.1. The van der Waals surface area contributed by atoms with E-state index in [0.717, 1.165) is 18.7 Å². The fourth-order valence-corrected chi connectivity index (χ4v) is 2.33. The molecule has 0 spiro atoms. The molecule has 0 bridgehead atoms. The van der Waals surface area contributed by atoms with Crippen LogP contribution >= 0.6 is 0 Å². The van der Waals surface area contributed by atoms with Gasteiger partial charge in [0, 0.05) is 12.6 Å². The second-order valence-corrected chi connectivity index (χ2v) is 4.51. The molecule has 1 aromatic carbocycles. The monoisotopic (exact) mass is 249 g/mol. The number of hydrogen-bond acceptors (Lipinski definition) is 4. The third-order valence-corrected chi connectivity index (χ3v) is 3.63. The molecule has 18 heavy (non-hydrogen) atoms. The summed E-state index contributed by atoms with van der Waals surface area (Å²) < 4.78 is 9.95. The summed E-state index contributed by atoms with van der Waals surface area (Å²) >= 11 is 0. The lowest BCUT2D eigenvalue weighted by molar-refractivity contribution is -0.153. The fraction of sp³-hybridized carbons (Fsp3) is 0.500. The van der Waals surface area contributed by atoms with Crippen LogP contribution in [0.3, 0.4) is 0 Å². The van der Waals surface area contributed by atoms with Gasteiger partial charge in [0.1, 0.15) is 11.8 Å². The van der Waals surface area contributed by atoms with Crippen LogP contribution in [0.5, 0.6) is 5.75 Å². The van der Waals surface area contributed by atoms with Crippen molar-refractivity contribution < 1.29 is 14.3 Å². The normalized spacial score (nSPS) is 20.9. The molecule has 1 aromatic rings. The number of rotatable bonds is 4. The lowest BCUT2D eigenvalue weighted by Crippen LogP contribution is -2.53. The number of benzene rings is 1. The Labute approximate surface area is 107 Å². The number of methoxy groups -OCH3 is 2. The lowest BCUT2D eigenvalue weighted by Gasteiger charge is -2.43. The van der Waals surface area contributed by atoms with Crippen LogP contribution in [0.1, 0.15) is 24.9 Å². The van der Waals surface area contributed by atoms with Gasteiger partial charge >= 0.3 is 5.97 Å². The molecule has 1 aliphatic heterocycles. The maximum absolute atomic E-state index is 11.6. The van der Waals surface area contributed by atoms with Crippen LogP contribution < -0.4 is 4.74 Å². The molecule has 2 unspecified atom stereocenters. The van der Waals surface area contributed by atoms with Crippen LogP contribution in [0.2, 0.25) is 0 Å². The summed E-state index contributed by atoms with van der Waals surface area (Å²) in [4.78, 5) is 13.7. The second-order valence-electron chi connectivity index (χ2n) is 4.51. The third kappa shape index (κ3) is 2.34. The van der Waals surface area contributed by atoms with Crippen molar-refractivity contribution in [1.29, 1.82) is 0 Å². The molecule has 0 N–H and O–H groups in total. The van der Waals surface area contributed by atoms with E-state index in [9.17, 15) is 4.79 Å². The highest BCUT2D eigenvalue weighted by Gasteiger charge is 2.38. The van der Waals surface area contributed by atoms with E-state index in [1.165, 1.54) is 12.7 Å². The van der Waals surface area contributed by atoms with Crippen LogP contribution in [0.4, 0.5) is 0 Å². The average molecular weight is 249 g/mol. The van der Waals surface area contributed by atoms with Gasteiger partial charge in [-0.15, -0.1) is 0 Å². The molecule has 1 fully saturated rings. The van der Waals surface area contributed by atoms with E-state index in [-0.39, 0.29) is 18.1 Å². The van der Waals surface area contributed by atoms with Crippen molar-refractivity contribution in [1.82, 2.24) is 4.90 Å². The molecule has 4 heteroatoms. The van der Waals surface area contributed by atoms with Gasteiger partial charge in [-0.25, -0.2) is 0 Å². The Hall–Kier alpha value is -1.55. The van der Waals surface area contributed by atoms with Gasteiger partial charge in [-0.3, -0.25) is 9.69 Å². The van der Waals surface area contributed by atoms with E-state index in [1.807, 2.05) is 24.3 Å². The van der Waals surface area contributed by atoms with E-state index in [1.54, 1.807) is 7.11 Å². The first-order chi connectivity index (χ1) is 8.67. The second kappa shape index (κ2) is 5.40. The molecule has 1 aliphatic rings. The molecule has 0 saturated carbocycles.